The van der Waals surface area contributed by atoms with Gasteiger partial charge in [-0.2, -0.15) is 4.37 Å². The van der Waals surface area contributed by atoms with Gasteiger partial charge in [0.15, 0.2) is 0 Å². The van der Waals surface area contributed by atoms with Crippen molar-refractivity contribution in [2.75, 3.05) is 0 Å². The van der Waals surface area contributed by atoms with Crippen LogP contribution >= 0.6 is 11.5 Å². The molecule has 13 heavy (non-hydrogen) atoms. The zero-order chi connectivity index (χ0) is 9.10. The fourth-order valence-electron chi connectivity index (χ4n) is 0.975. The lowest BCUT2D eigenvalue weighted by molar-refractivity contribution is 0.103. The van der Waals surface area contributed by atoms with E-state index in [4.69, 9.17) is 0 Å². The van der Waals surface area contributed by atoms with Gasteiger partial charge in [0, 0.05) is 23.3 Å². The van der Waals surface area contributed by atoms with Gasteiger partial charge in [0.25, 0.3) is 0 Å². The molecule has 0 aliphatic rings. The summed E-state index contributed by atoms with van der Waals surface area (Å²) in [5, 5.41) is 1.78. The molecule has 2 heterocycles. The normalized spacial score (nSPS) is 9.85. The van der Waals surface area contributed by atoms with Crippen molar-refractivity contribution < 1.29 is 4.79 Å². The maximum Gasteiger partial charge on any atom is 0.213 e. The summed E-state index contributed by atoms with van der Waals surface area (Å²) in [5.41, 5.74) is 1.06. The molecule has 0 aliphatic heterocycles. The van der Waals surface area contributed by atoms with Gasteiger partial charge in [0.1, 0.15) is 5.69 Å². The van der Waals surface area contributed by atoms with Gasteiger partial charge in [-0.15, -0.1) is 0 Å². The average molecular weight is 190 g/mol. The third-order valence-electron chi connectivity index (χ3n) is 1.59. The lowest BCUT2D eigenvalue weighted by atomic mass is 10.1. The van der Waals surface area contributed by atoms with E-state index in [9.17, 15) is 4.79 Å². The van der Waals surface area contributed by atoms with Crippen LogP contribution in [0.4, 0.5) is 0 Å². The van der Waals surface area contributed by atoms with Crippen molar-refractivity contribution in [3.63, 3.8) is 0 Å². The zero-order valence-electron chi connectivity index (χ0n) is 6.68. The first kappa shape index (κ1) is 8.07. The molecule has 0 spiro atoms. The second kappa shape index (κ2) is 3.45. The minimum Gasteiger partial charge on any atom is -0.287 e. The summed E-state index contributed by atoms with van der Waals surface area (Å²) in [6.07, 6.45) is 3.18. The summed E-state index contributed by atoms with van der Waals surface area (Å²) in [5.74, 6) is -0.0747. The van der Waals surface area contributed by atoms with Crippen molar-refractivity contribution in [2.45, 2.75) is 0 Å². The average Bonchev–Trinajstić information content (AvgIpc) is 2.71. The molecule has 0 N–H and O–H groups in total. The second-order valence-corrected chi connectivity index (χ2v) is 3.12. The Morgan fingerprint density at radius 2 is 2.31 bits per heavy atom. The maximum atomic E-state index is 11.6. The standard InChI is InChI=1S/C9H6N2OS/c12-9(8-3-5-13-11-8)7-2-1-4-10-6-7/h1-6H. The molecule has 2 aromatic heterocycles. The first-order chi connectivity index (χ1) is 6.38. The van der Waals surface area contributed by atoms with Crippen molar-refractivity contribution in [2.24, 2.45) is 0 Å². The Hall–Kier alpha value is -1.55. The van der Waals surface area contributed by atoms with Crippen LogP contribution in [0.5, 0.6) is 0 Å². The Morgan fingerprint density at radius 1 is 1.38 bits per heavy atom. The molecule has 0 unspecified atom stereocenters. The molecule has 3 nitrogen and oxygen atoms in total. The fourth-order valence-corrected chi connectivity index (χ4v) is 1.48. The predicted octanol–water partition coefficient (Wildman–Crippen LogP) is 1.77. The quantitative estimate of drug-likeness (QED) is 0.678. The van der Waals surface area contributed by atoms with Gasteiger partial charge >= 0.3 is 0 Å². The number of rotatable bonds is 2. The largest absolute Gasteiger partial charge is 0.287 e. The highest BCUT2D eigenvalue weighted by atomic mass is 32.1. The maximum absolute atomic E-state index is 11.6. The highest BCUT2D eigenvalue weighted by molar-refractivity contribution is 7.03. The summed E-state index contributed by atoms with van der Waals surface area (Å²) in [4.78, 5) is 15.5. The minimum absolute atomic E-state index is 0.0747. The number of hydrogen-bond donors (Lipinski definition) is 0. The van der Waals surface area contributed by atoms with E-state index in [2.05, 4.69) is 9.36 Å². The van der Waals surface area contributed by atoms with Gasteiger partial charge in [-0.25, -0.2) is 0 Å². The van der Waals surface area contributed by atoms with Gasteiger partial charge < -0.3 is 0 Å². The Balaban J connectivity index is 2.34. The highest BCUT2D eigenvalue weighted by Gasteiger charge is 2.09. The van der Waals surface area contributed by atoms with E-state index in [0.717, 1.165) is 0 Å². The van der Waals surface area contributed by atoms with Crippen molar-refractivity contribution in [1.82, 2.24) is 9.36 Å². The van der Waals surface area contributed by atoms with Crippen LogP contribution in [0.1, 0.15) is 16.1 Å². The van der Waals surface area contributed by atoms with E-state index >= 15 is 0 Å². The van der Waals surface area contributed by atoms with E-state index < -0.39 is 0 Å². The molecule has 64 valence electrons. The lowest BCUT2D eigenvalue weighted by Gasteiger charge is -1.94. The van der Waals surface area contributed by atoms with E-state index in [0.29, 0.717) is 11.3 Å². The van der Waals surface area contributed by atoms with E-state index in [-0.39, 0.29) is 5.78 Å². The molecule has 0 radical (unpaired) electrons. The lowest BCUT2D eigenvalue weighted by Crippen LogP contribution is -2.01. The summed E-state index contributed by atoms with van der Waals surface area (Å²) in [6.45, 7) is 0. The van der Waals surface area contributed by atoms with Crippen molar-refractivity contribution in [3.8, 4) is 0 Å². The summed E-state index contributed by atoms with van der Waals surface area (Å²) >= 11 is 1.27. The molecule has 2 aromatic rings. The van der Waals surface area contributed by atoms with Crippen LogP contribution in [-0.4, -0.2) is 15.1 Å². The summed E-state index contributed by atoms with van der Waals surface area (Å²) in [6, 6.07) is 5.17. The van der Waals surface area contributed by atoms with Crippen LogP contribution in [-0.2, 0) is 0 Å². The second-order valence-electron chi connectivity index (χ2n) is 2.46. The van der Waals surface area contributed by atoms with E-state index in [1.807, 2.05) is 0 Å². The van der Waals surface area contributed by atoms with Gasteiger partial charge in [-0.3, -0.25) is 9.78 Å². The highest BCUT2D eigenvalue weighted by Crippen LogP contribution is 2.07. The molecule has 2 rings (SSSR count). The smallest absolute Gasteiger partial charge is 0.213 e. The number of carbonyl (C=O) groups excluding carboxylic acids is 1. The first-order valence-corrected chi connectivity index (χ1v) is 4.56. The molecular formula is C9H6N2OS. The zero-order valence-corrected chi connectivity index (χ0v) is 7.49. The van der Waals surface area contributed by atoms with Gasteiger partial charge in [0.05, 0.1) is 0 Å². The minimum atomic E-state index is -0.0747. The summed E-state index contributed by atoms with van der Waals surface area (Å²) < 4.78 is 3.96. The molecule has 4 heteroatoms. The Bertz CT molecular complexity index is 397. The number of aromatic nitrogens is 2. The first-order valence-electron chi connectivity index (χ1n) is 3.73. The Kier molecular flexibility index (Phi) is 2.14. The van der Waals surface area contributed by atoms with Crippen molar-refractivity contribution >= 4 is 17.3 Å². The molecule has 0 aliphatic carbocycles. The number of nitrogens with zero attached hydrogens (tertiary/aromatic N) is 2. The van der Waals surface area contributed by atoms with Gasteiger partial charge in [0.2, 0.25) is 5.78 Å². The van der Waals surface area contributed by atoms with Crippen LogP contribution in [0.3, 0.4) is 0 Å². The Labute approximate surface area is 79.2 Å². The van der Waals surface area contributed by atoms with E-state index in [1.54, 1.807) is 36.0 Å². The fraction of sp³-hybridized carbons (Fsp3) is 0. The Morgan fingerprint density at radius 3 is 2.92 bits per heavy atom. The van der Waals surface area contributed by atoms with E-state index in [1.165, 1.54) is 11.5 Å². The monoisotopic (exact) mass is 190 g/mol. The molecule has 0 aromatic carbocycles. The number of pyridine rings is 1. The predicted molar refractivity (Wildman–Crippen MR) is 49.8 cm³/mol. The third kappa shape index (κ3) is 1.62. The van der Waals surface area contributed by atoms with Crippen LogP contribution in [0, 0.1) is 0 Å². The molecule has 0 atom stereocenters. The number of ketones is 1. The number of hydrogen-bond acceptors (Lipinski definition) is 4. The van der Waals surface area contributed by atoms with Crippen LogP contribution in [0.25, 0.3) is 0 Å². The topological polar surface area (TPSA) is 42.9 Å². The van der Waals surface area contributed by atoms with Gasteiger partial charge in [-0.05, 0) is 29.7 Å². The van der Waals surface area contributed by atoms with Crippen molar-refractivity contribution in [3.05, 3.63) is 47.2 Å². The van der Waals surface area contributed by atoms with Crippen LogP contribution in [0.15, 0.2) is 36.0 Å². The van der Waals surface area contributed by atoms with Crippen LogP contribution < -0.4 is 0 Å². The number of carbonyl (C=O) groups is 1. The van der Waals surface area contributed by atoms with Crippen molar-refractivity contribution in [1.29, 1.82) is 0 Å². The van der Waals surface area contributed by atoms with Crippen LogP contribution in [0.2, 0.25) is 0 Å². The molecule has 0 saturated heterocycles. The molecule has 0 bridgehead atoms. The molecule has 0 saturated carbocycles. The molecule has 0 amide bonds. The molecular weight excluding hydrogens is 184 g/mol. The molecule has 0 fully saturated rings. The SMILES string of the molecule is O=C(c1cccnc1)c1ccsn1. The third-order valence-corrected chi connectivity index (χ3v) is 2.15. The van der Waals surface area contributed by atoms with Gasteiger partial charge in [-0.1, -0.05) is 0 Å². The summed E-state index contributed by atoms with van der Waals surface area (Å²) in [7, 11) is 0.